The van der Waals surface area contributed by atoms with Gasteiger partial charge in [-0.05, 0) is 31.6 Å². The molecule has 2 heteroatoms. The van der Waals surface area contributed by atoms with E-state index in [1.54, 1.807) is 0 Å². The third kappa shape index (κ3) is 4.52. The first-order valence-electron chi connectivity index (χ1n) is 6.47. The van der Waals surface area contributed by atoms with Gasteiger partial charge in [-0.2, -0.15) is 0 Å². The molecular formula is C13H28N2. The number of rotatable bonds is 5. The summed E-state index contributed by atoms with van der Waals surface area (Å²) in [6.45, 7) is 8.78. The van der Waals surface area contributed by atoms with E-state index < -0.39 is 0 Å². The molecule has 1 aliphatic carbocycles. The fraction of sp³-hybridized carbons (Fsp3) is 1.00. The molecular weight excluding hydrogens is 184 g/mol. The van der Waals surface area contributed by atoms with Gasteiger partial charge in [0, 0.05) is 18.6 Å². The number of nitrogens with one attached hydrogen (secondary N) is 1. The molecule has 1 aliphatic rings. The lowest BCUT2D eigenvalue weighted by Crippen LogP contribution is -2.48. The minimum absolute atomic E-state index is 0.0367. The summed E-state index contributed by atoms with van der Waals surface area (Å²) in [6, 6.07) is 0. The smallest absolute Gasteiger partial charge is 0.0249 e. The average Bonchev–Trinajstić information content (AvgIpc) is 2.18. The molecule has 0 radical (unpaired) electrons. The summed E-state index contributed by atoms with van der Waals surface area (Å²) in [5.74, 6) is 0. The van der Waals surface area contributed by atoms with Crippen molar-refractivity contribution in [2.45, 2.75) is 64.8 Å². The summed E-state index contributed by atoms with van der Waals surface area (Å²) in [5.41, 5.74) is 6.61. The van der Waals surface area contributed by atoms with E-state index in [0.717, 1.165) is 19.5 Å². The quantitative estimate of drug-likeness (QED) is 0.735. The van der Waals surface area contributed by atoms with Gasteiger partial charge in [0.25, 0.3) is 0 Å². The topological polar surface area (TPSA) is 38.0 Å². The van der Waals surface area contributed by atoms with Crippen molar-refractivity contribution in [2.75, 3.05) is 13.1 Å². The average molecular weight is 212 g/mol. The van der Waals surface area contributed by atoms with Gasteiger partial charge in [-0.3, -0.25) is 0 Å². The van der Waals surface area contributed by atoms with Crippen LogP contribution in [0.15, 0.2) is 0 Å². The standard InChI is InChI=1S/C13H28N2/c1-4-13(3,14)11-15-10-12(2)8-6-5-7-9-12/h15H,4-11,14H2,1-3H3. The lowest BCUT2D eigenvalue weighted by Gasteiger charge is -2.35. The molecule has 0 heterocycles. The number of hydrogen-bond acceptors (Lipinski definition) is 2. The van der Waals surface area contributed by atoms with Crippen LogP contribution in [0.4, 0.5) is 0 Å². The molecule has 0 aromatic carbocycles. The Morgan fingerprint density at radius 1 is 1.27 bits per heavy atom. The van der Waals surface area contributed by atoms with Crippen molar-refractivity contribution in [3.8, 4) is 0 Å². The van der Waals surface area contributed by atoms with Crippen molar-refractivity contribution in [3.63, 3.8) is 0 Å². The molecule has 0 saturated heterocycles. The molecule has 0 spiro atoms. The molecule has 1 fully saturated rings. The first-order chi connectivity index (χ1) is 6.97. The van der Waals surface area contributed by atoms with Crippen LogP contribution >= 0.6 is 0 Å². The molecule has 0 aromatic rings. The zero-order valence-electron chi connectivity index (χ0n) is 10.7. The molecule has 15 heavy (non-hydrogen) atoms. The minimum Gasteiger partial charge on any atom is -0.324 e. The van der Waals surface area contributed by atoms with Gasteiger partial charge < -0.3 is 11.1 Å². The molecule has 2 nitrogen and oxygen atoms in total. The summed E-state index contributed by atoms with van der Waals surface area (Å²) < 4.78 is 0. The van der Waals surface area contributed by atoms with Crippen LogP contribution in [-0.2, 0) is 0 Å². The van der Waals surface area contributed by atoms with Crippen LogP contribution in [0.5, 0.6) is 0 Å². The van der Waals surface area contributed by atoms with E-state index in [1.165, 1.54) is 32.1 Å². The predicted octanol–water partition coefficient (Wildman–Crippen LogP) is 2.67. The molecule has 1 atom stereocenters. The van der Waals surface area contributed by atoms with E-state index in [4.69, 9.17) is 5.73 Å². The van der Waals surface area contributed by atoms with Gasteiger partial charge in [0.05, 0.1) is 0 Å². The summed E-state index contributed by atoms with van der Waals surface area (Å²) in [7, 11) is 0. The van der Waals surface area contributed by atoms with Gasteiger partial charge in [0.1, 0.15) is 0 Å². The molecule has 0 amide bonds. The van der Waals surface area contributed by atoms with E-state index in [-0.39, 0.29) is 5.54 Å². The van der Waals surface area contributed by atoms with Crippen molar-refractivity contribution < 1.29 is 0 Å². The van der Waals surface area contributed by atoms with Crippen molar-refractivity contribution in [2.24, 2.45) is 11.1 Å². The molecule has 0 aromatic heterocycles. The molecule has 3 N–H and O–H groups in total. The predicted molar refractivity (Wildman–Crippen MR) is 66.9 cm³/mol. The van der Waals surface area contributed by atoms with E-state index in [0.29, 0.717) is 5.41 Å². The summed E-state index contributed by atoms with van der Waals surface area (Å²) in [5, 5.41) is 3.56. The molecule has 1 unspecified atom stereocenters. The third-order valence-corrected chi connectivity index (χ3v) is 3.95. The van der Waals surface area contributed by atoms with Crippen molar-refractivity contribution in [1.82, 2.24) is 5.32 Å². The first-order valence-corrected chi connectivity index (χ1v) is 6.47. The highest BCUT2D eigenvalue weighted by molar-refractivity contribution is 4.84. The van der Waals surface area contributed by atoms with Crippen LogP contribution in [0.1, 0.15) is 59.3 Å². The lowest BCUT2D eigenvalue weighted by molar-refractivity contribution is 0.202. The Morgan fingerprint density at radius 2 is 1.87 bits per heavy atom. The minimum atomic E-state index is -0.0367. The maximum absolute atomic E-state index is 6.11. The Morgan fingerprint density at radius 3 is 2.40 bits per heavy atom. The van der Waals surface area contributed by atoms with E-state index in [2.05, 4.69) is 26.1 Å². The van der Waals surface area contributed by atoms with Crippen LogP contribution < -0.4 is 11.1 Å². The Hall–Kier alpha value is -0.0800. The summed E-state index contributed by atoms with van der Waals surface area (Å²) >= 11 is 0. The Labute approximate surface area is 95.0 Å². The van der Waals surface area contributed by atoms with Gasteiger partial charge in [0.15, 0.2) is 0 Å². The highest BCUT2D eigenvalue weighted by Crippen LogP contribution is 2.34. The monoisotopic (exact) mass is 212 g/mol. The van der Waals surface area contributed by atoms with E-state index in [9.17, 15) is 0 Å². The largest absolute Gasteiger partial charge is 0.324 e. The Balaban J connectivity index is 2.24. The highest BCUT2D eigenvalue weighted by atomic mass is 14.9. The molecule has 0 aliphatic heterocycles. The lowest BCUT2D eigenvalue weighted by atomic mass is 9.75. The van der Waals surface area contributed by atoms with E-state index >= 15 is 0 Å². The van der Waals surface area contributed by atoms with E-state index in [1.807, 2.05) is 0 Å². The second kappa shape index (κ2) is 5.31. The number of hydrogen-bond donors (Lipinski definition) is 2. The van der Waals surface area contributed by atoms with Crippen LogP contribution in [0.2, 0.25) is 0 Å². The maximum Gasteiger partial charge on any atom is 0.0249 e. The third-order valence-electron chi connectivity index (χ3n) is 3.95. The zero-order valence-corrected chi connectivity index (χ0v) is 10.7. The Kier molecular flexibility index (Phi) is 4.60. The second-order valence-electron chi connectivity index (χ2n) is 5.98. The fourth-order valence-electron chi connectivity index (χ4n) is 2.36. The normalized spacial score (nSPS) is 24.8. The zero-order chi connectivity index (χ0) is 11.4. The van der Waals surface area contributed by atoms with Crippen LogP contribution in [0.25, 0.3) is 0 Å². The first kappa shape index (κ1) is 13.0. The van der Waals surface area contributed by atoms with Crippen molar-refractivity contribution in [3.05, 3.63) is 0 Å². The second-order valence-corrected chi connectivity index (χ2v) is 5.98. The van der Waals surface area contributed by atoms with Crippen LogP contribution in [0.3, 0.4) is 0 Å². The summed E-state index contributed by atoms with van der Waals surface area (Å²) in [6.07, 6.45) is 8.05. The Bertz CT molecular complexity index is 181. The van der Waals surface area contributed by atoms with Gasteiger partial charge in [-0.1, -0.05) is 33.1 Å². The maximum atomic E-state index is 6.11. The van der Waals surface area contributed by atoms with Gasteiger partial charge in [0.2, 0.25) is 0 Å². The molecule has 90 valence electrons. The van der Waals surface area contributed by atoms with Crippen LogP contribution in [-0.4, -0.2) is 18.6 Å². The van der Waals surface area contributed by atoms with Gasteiger partial charge in [-0.25, -0.2) is 0 Å². The SMILES string of the molecule is CCC(C)(N)CNCC1(C)CCCCC1. The molecule has 1 saturated carbocycles. The summed E-state index contributed by atoms with van der Waals surface area (Å²) in [4.78, 5) is 0. The van der Waals surface area contributed by atoms with Crippen molar-refractivity contribution in [1.29, 1.82) is 0 Å². The van der Waals surface area contributed by atoms with Crippen LogP contribution in [0, 0.1) is 5.41 Å². The highest BCUT2D eigenvalue weighted by Gasteiger charge is 2.27. The molecule has 0 bridgehead atoms. The molecule has 1 rings (SSSR count). The number of nitrogens with two attached hydrogens (primary N) is 1. The van der Waals surface area contributed by atoms with Crippen molar-refractivity contribution >= 4 is 0 Å². The van der Waals surface area contributed by atoms with Gasteiger partial charge in [-0.15, -0.1) is 0 Å². The van der Waals surface area contributed by atoms with Gasteiger partial charge >= 0.3 is 0 Å². The fourth-order valence-corrected chi connectivity index (χ4v) is 2.36.